The number of rotatable bonds is 7. The van der Waals surface area contributed by atoms with Crippen molar-refractivity contribution < 1.29 is 8.42 Å². The molecular weight excluding hydrogens is 370 g/mol. The van der Waals surface area contributed by atoms with E-state index in [2.05, 4.69) is 63.1 Å². The van der Waals surface area contributed by atoms with Gasteiger partial charge in [-0.3, -0.25) is 4.90 Å². The van der Waals surface area contributed by atoms with Crippen LogP contribution in [0.25, 0.3) is 0 Å². The summed E-state index contributed by atoms with van der Waals surface area (Å²) in [6.07, 6.45) is 0.986. The molecule has 1 aliphatic heterocycles. The van der Waals surface area contributed by atoms with Crippen LogP contribution in [0.4, 0.5) is 5.69 Å². The molecule has 5 nitrogen and oxygen atoms in total. The molecule has 1 N–H and O–H groups in total. The number of sulfonamides is 1. The minimum Gasteiger partial charge on any atom is -0.378 e. The van der Waals surface area contributed by atoms with Crippen LogP contribution in [0.15, 0.2) is 48.5 Å². The van der Waals surface area contributed by atoms with E-state index in [1.807, 2.05) is 14.1 Å². The van der Waals surface area contributed by atoms with Crippen molar-refractivity contribution in [1.29, 1.82) is 0 Å². The average Bonchev–Trinajstić information content (AvgIpc) is 2.68. The Bertz CT molecular complexity index is 892. The van der Waals surface area contributed by atoms with Gasteiger partial charge in [0.25, 0.3) is 0 Å². The number of fused-ring (bicyclic) bond motifs is 1. The van der Waals surface area contributed by atoms with Crippen molar-refractivity contribution in [2.45, 2.75) is 38.1 Å². The summed E-state index contributed by atoms with van der Waals surface area (Å²) in [5.41, 5.74) is 4.99. The molecule has 3 rings (SSSR count). The minimum absolute atomic E-state index is 0.00177. The molecule has 0 saturated carbocycles. The topological polar surface area (TPSA) is 52.7 Å². The van der Waals surface area contributed by atoms with Crippen molar-refractivity contribution >= 4 is 15.7 Å². The van der Waals surface area contributed by atoms with E-state index in [1.54, 1.807) is 13.8 Å². The lowest BCUT2D eigenvalue weighted by Crippen LogP contribution is -2.42. The monoisotopic (exact) mass is 401 g/mol. The van der Waals surface area contributed by atoms with Gasteiger partial charge in [0.05, 0.1) is 5.25 Å². The van der Waals surface area contributed by atoms with Crippen molar-refractivity contribution in [1.82, 2.24) is 9.62 Å². The molecule has 0 fully saturated rings. The first-order valence-electron chi connectivity index (χ1n) is 9.84. The summed E-state index contributed by atoms with van der Waals surface area (Å²) in [7, 11) is 0.730. The van der Waals surface area contributed by atoms with Gasteiger partial charge in [-0.1, -0.05) is 36.4 Å². The summed E-state index contributed by atoms with van der Waals surface area (Å²) in [6.45, 7) is 5.55. The smallest absolute Gasteiger partial charge is 0.213 e. The van der Waals surface area contributed by atoms with Gasteiger partial charge in [0.1, 0.15) is 0 Å². The van der Waals surface area contributed by atoms with Gasteiger partial charge in [-0.25, -0.2) is 13.1 Å². The van der Waals surface area contributed by atoms with Gasteiger partial charge in [-0.05, 0) is 49.1 Å². The van der Waals surface area contributed by atoms with Crippen LogP contribution in [0, 0.1) is 0 Å². The highest BCUT2D eigenvalue weighted by molar-refractivity contribution is 7.90. The zero-order valence-corrected chi connectivity index (χ0v) is 18.0. The third kappa shape index (κ3) is 4.74. The largest absolute Gasteiger partial charge is 0.378 e. The molecule has 1 heterocycles. The van der Waals surface area contributed by atoms with Crippen molar-refractivity contribution in [2.75, 3.05) is 32.1 Å². The molecular formula is C22H31N3O2S. The summed E-state index contributed by atoms with van der Waals surface area (Å²) in [5, 5.41) is -0.439. The molecule has 0 radical (unpaired) electrons. The Kier molecular flexibility index (Phi) is 6.43. The molecule has 0 spiro atoms. The molecule has 2 aromatic rings. The second-order valence-corrected chi connectivity index (χ2v) is 10.3. The van der Waals surface area contributed by atoms with Gasteiger partial charge in [0.2, 0.25) is 10.0 Å². The van der Waals surface area contributed by atoms with Gasteiger partial charge in [0.15, 0.2) is 0 Å². The number of benzene rings is 2. The first kappa shape index (κ1) is 20.8. The third-order valence-corrected chi connectivity index (χ3v) is 7.30. The number of anilines is 1. The number of nitrogens with zero attached hydrogens (tertiary/aromatic N) is 2. The molecule has 1 aliphatic rings. The maximum absolute atomic E-state index is 12.4. The highest BCUT2D eigenvalue weighted by Crippen LogP contribution is 2.29. The Balaban J connectivity index is 1.86. The lowest BCUT2D eigenvalue weighted by atomic mass is 9.96. The van der Waals surface area contributed by atoms with Gasteiger partial charge in [0, 0.05) is 45.5 Å². The van der Waals surface area contributed by atoms with Crippen LogP contribution < -0.4 is 9.62 Å². The molecule has 2 aromatic carbocycles. The molecule has 1 atom stereocenters. The van der Waals surface area contributed by atoms with Crippen molar-refractivity contribution in [3.8, 4) is 0 Å². The number of hydrogen-bond acceptors (Lipinski definition) is 4. The van der Waals surface area contributed by atoms with Crippen molar-refractivity contribution in [3.05, 3.63) is 65.2 Å². The number of nitrogens with one attached hydrogen (secondary N) is 1. The maximum atomic E-state index is 12.4. The van der Waals surface area contributed by atoms with Gasteiger partial charge in [-0.15, -0.1) is 0 Å². The van der Waals surface area contributed by atoms with E-state index in [0.717, 1.165) is 30.8 Å². The second kappa shape index (κ2) is 8.64. The van der Waals surface area contributed by atoms with E-state index in [-0.39, 0.29) is 6.04 Å². The summed E-state index contributed by atoms with van der Waals surface area (Å²) in [5.74, 6) is 0. The molecule has 0 aliphatic carbocycles. The van der Waals surface area contributed by atoms with Crippen LogP contribution >= 0.6 is 0 Å². The van der Waals surface area contributed by atoms with Crippen LogP contribution in [0.2, 0.25) is 0 Å². The van der Waals surface area contributed by atoms with Crippen LogP contribution in [-0.2, 0) is 23.0 Å². The third-order valence-electron chi connectivity index (χ3n) is 5.49. The van der Waals surface area contributed by atoms with Crippen LogP contribution in [-0.4, -0.2) is 45.8 Å². The minimum atomic E-state index is -3.31. The molecule has 0 bridgehead atoms. The van der Waals surface area contributed by atoms with Crippen molar-refractivity contribution in [3.63, 3.8) is 0 Å². The standard InChI is InChI=1S/C22H31N3O2S/c1-17(2)28(26,27)23-15-22(19-9-11-21(12-10-19)24(3)4)25-14-13-18-7-5-6-8-20(18)16-25/h5-12,17,22-23H,13-16H2,1-4H3. The second-order valence-electron chi connectivity index (χ2n) is 7.93. The predicted molar refractivity (Wildman–Crippen MR) is 116 cm³/mol. The number of hydrogen-bond donors (Lipinski definition) is 1. The summed E-state index contributed by atoms with van der Waals surface area (Å²) in [4.78, 5) is 4.45. The Labute approximate surface area is 169 Å². The molecule has 0 saturated heterocycles. The zero-order chi connectivity index (χ0) is 20.3. The average molecular weight is 402 g/mol. The zero-order valence-electron chi connectivity index (χ0n) is 17.2. The molecule has 152 valence electrons. The van der Waals surface area contributed by atoms with E-state index in [4.69, 9.17) is 0 Å². The Morgan fingerprint density at radius 2 is 1.68 bits per heavy atom. The summed E-state index contributed by atoms with van der Waals surface area (Å²) in [6, 6.07) is 16.9. The van der Waals surface area contributed by atoms with E-state index < -0.39 is 15.3 Å². The van der Waals surface area contributed by atoms with Crippen LogP contribution in [0.1, 0.15) is 36.6 Å². The Morgan fingerprint density at radius 3 is 2.29 bits per heavy atom. The van der Waals surface area contributed by atoms with Crippen molar-refractivity contribution in [2.24, 2.45) is 0 Å². The van der Waals surface area contributed by atoms with Crippen LogP contribution in [0.3, 0.4) is 0 Å². The fraction of sp³-hybridized carbons (Fsp3) is 0.455. The van der Waals surface area contributed by atoms with E-state index in [1.165, 1.54) is 11.1 Å². The Hall–Kier alpha value is -1.89. The highest BCUT2D eigenvalue weighted by Gasteiger charge is 2.27. The van der Waals surface area contributed by atoms with Gasteiger partial charge >= 0.3 is 0 Å². The molecule has 0 amide bonds. The van der Waals surface area contributed by atoms with E-state index in [9.17, 15) is 8.42 Å². The summed E-state index contributed by atoms with van der Waals surface area (Å²) < 4.78 is 27.5. The van der Waals surface area contributed by atoms with E-state index >= 15 is 0 Å². The molecule has 0 aromatic heterocycles. The van der Waals surface area contributed by atoms with Gasteiger partial charge < -0.3 is 4.90 Å². The normalized spacial score (nSPS) is 16.0. The first-order chi connectivity index (χ1) is 13.3. The first-order valence-corrected chi connectivity index (χ1v) is 11.4. The molecule has 6 heteroatoms. The molecule has 1 unspecified atom stereocenters. The summed E-state index contributed by atoms with van der Waals surface area (Å²) >= 11 is 0. The van der Waals surface area contributed by atoms with Gasteiger partial charge in [-0.2, -0.15) is 0 Å². The SMILES string of the molecule is CC(C)S(=O)(=O)NCC(c1ccc(N(C)C)cc1)N1CCc2ccccc2C1. The highest BCUT2D eigenvalue weighted by atomic mass is 32.2. The van der Waals surface area contributed by atoms with Crippen LogP contribution in [0.5, 0.6) is 0 Å². The quantitative estimate of drug-likeness (QED) is 0.774. The Morgan fingerprint density at radius 1 is 1.04 bits per heavy atom. The lowest BCUT2D eigenvalue weighted by Gasteiger charge is -2.36. The lowest BCUT2D eigenvalue weighted by molar-refractivity contribution is 0.180. The molecule has 28 heavy (non-hydrogen) atoms. The fourth-order valence-corrected chi connectivity index (χ4v) is 4.32. The fourth-order valence-electron chi connectivity index (χ4n) is 3.60. The maximum Gasteiger partial charge on any atom is 0.213 e. The predicted octanol–water partition coefficient (Wildman–Crippen LogP) is 3.18. The van der Waals surface area contributed by atoms with E-state index in [0.29, 0.717) is 6.54 Å².